The highest BCUT2D eigenvalue weighted by Gasteiger charge is 2.19. The van der Waals surface area contributed by atoms with E-state index in [4.69, 9.17) is 10.7 Å². The first-order valence-electron chi connectivity index (χ1n) is 8.22. The van der Waals surface area contributed by atoms with Gasteiger partial charge in [-0.25, -0.2) is 4.98 Å². The van der Waals surface area contributed by atoms with Gasteiger partial charge in [0.15, 0.2) is 5.16 Å². The van der Waals surface area contributed by atoms with Crippen molar-refractivity contribution in [1.29, 1.82) is 0 Å². The molecule has 1 unspecified atom stereocenters. The highest BCUT2D eigenvalue weighted by Crippen LogP contribution is 2.34. The van der Waals surface area contributed by atoms with Gasteiger partial charge in [0.1, 0.15) is 5.82 Å². The molecule has 0 amide bonds. The van der Waals surface area contributed by atoms with E-state index in [1.165, 1.54) is 5.69 Å². The maximum atomic E-state index is 5.83. The standard InChI is InChI=1S/C16H27N7S/c1-7-8-9-23-11(3)10(2)18-16(23)24-12(4)13-19-14(17)21-15(20-13)22(5)6/h12H,7-9H2,1-6H3,(H2,17,19,20,21). The Morgan fingerprint density at radius 3 is 2.50 bits per heavy atom. The van der Waals surface area contributed by atoms with Crippen LogP contribution in [0, 0.1) is 13.8 Å². The Bertz CT molecular complexity index is 696. The second kappa shape index (κ2) is 7.83. The number of rotatable bonds is 7. The van der Waals surface area contributed by atoms with E-state index in [0.717, 1.165) is 30.2 Å². The minimum Gasteiger partial charge on any atom is -0.368 e. The molecule has 0 spiro atoms. The average Bonchev–Trinajstić information content (AvgIpc) is 2.79. The van der Waals surface area contributed by atoms with Crippen molar-refractivity contribution < 1.29 is 0 Å². The second-order valence-corrected chi connectivity index (χ2v) is 7.38. The highest BCUT2D eigenvalue weighted by atomic mass is 32.2. The highest BCUT2D eigenvalue weighted by molar-refractivity contribution is 7.99. The summed E-state index contributed by atoms with van der Waals surface area (Å²) in [6.07, 6.45) is 2.30. The summed E-state index contributed by atoms with van der Waals surface area (Å²) in [5.74, 6) is 1.50. The quantitative estimate of drug-likeness (QED) is 0.769. The van der Waals surface area contributed by atoms with Crippen molar-refractivity contribution in [2.45, 2.75) is 57.5 Å². The maximum absolute atomic E-state index is 5.83. The fourth-order valence-electron chi connectivity index (χ4n) is 2.28. The smallest absolute Gasteiger partial charge is 0.229 e. The van der Waals surface area contributed by atoms with Gasteiger partial charge in [-0.1, -0.05) is 25.1 Å². The molecule has 2 N–H and O–H groups in total. The third kappa shape index (κ3) is 4.17. The molecule has 0 saturated carbocycles. The largest absolute Gasteiger partial charge is 0.368 e. The van der Waals surface area contributed by atoms with Crippen molar-refractivity contribution in [2.24, 2.45) is 0 Å². The predicted molar refractivity (Wildman–Crippen MR) is 99.4 cm³/mol. The van der Waals surface area contributed by atoms with E-state index in [-0.39, 0.29) is 11.2 Å². The van der Waals surface area contributed by atoms with Crippen LogP contribution in [0.3, 0.4) is 0 Å². The van der Waals surface area contributed by atoms with Crippen LogP contribution in [-0.2, 0) is 6.54 Å². The van der Waals surface area contributed by atoms with Crippen LogP contribution in [-0.4, -0.2) is 38.6 Å². The molecule has 132 valence electrons. The van der Waals surface area contributed by atoms with Gasteiger partial charge in [0.05, 0.1) is 10.9 Å². The number of hydrogen-bond donors (Lipinski definition) is 1. The van der Waals surface area contributed by atoms with Gasteiger partial charge in [-0.3, -0.25) is 0 Å². The number of nitrogen functional groups attached to an aromatic ring is 1. The minimum absolute atomic E-state index is 0.0376. The zero-order chi connectivity index (χ0) is 17.9. The number of hydrogen-bond acceptors (Lipinski definition) is 7. The first kappa shape index (κ1) is 18.5. The molecule has 0 aromatic carbocycles. The molecule has 0 saturated heterocycles. The third-order valence-electron chi connectivity index (χ3n) is 3.86. The molecule has 7 nitrogen and oxygen atoms in total. The fourth-order valence-corrected chi connectivity index (χ4v) is 3.36. The van der Waals surface area contributed by atoms with Gasteiger partial charge in [0.25, 0.3) is 0 Å². The van der Waals surface area contributed by atoms with E-state index in [2.05, 4.69) is 47.2 Å². The molecule has 0 aliphatic heterocycles. The summed E-state index contributed by atoms with van der Waals surface area (Å²) in [5.41, 5.74) is 8.13. The van der Waals surface area contributed by atoms with E-state index in [9.17, 15) is 0 Å². The Labute approximate surface area is 148 Å². The van der Waals surface area contributed by atoms with Gasteiger partial charge >= 0.3 is 0 Å². The molecule has 1 atom stereocenters. The summed E-state index contributed by atoms with van der Waals surface area (Å²) in [5, 5.41) is 1.05. The maximum Gasteiger partial charge on any atom is 0.229 e. The lowest BCUT2D eigenvalue weighted by molar-refractivity contribution is 0.574. The van der Waals surface area contributed by atoms with Crippen LogP contribution in [0.2, 0.25) is 0 Å². The SMILES string of the molecule is CCCCn1c(SC(C)c2nc(N)nc(N(C)C)n2)nc(C)c1C. The number of imidazole rings is 1. The Morgan fingerprint density at radius 2 is 1.88 bits per heavy atom. The van der Waals surface area contributed by atoms with Crippen molar-refractivity contribution in [2.75, 3.05) is 24.7 Å². The molecule has 2 aromatic heterocycles. The Balaban J connectivity index is 2.26. The summed E-state index contributed by atoms with van der Waals surface area (Å²) in [6.45, 7) is 9.43. The number of aryl methyl sites for hydroxylation is 1. The van der Waals surface area contributed by atoms with E-state index in [0.29, 0.717) is 11.8 Å². The average molecular weight is 350 g/mol. The van der Waals surface area contributed by atoms with Gasteiger partial charge in [-0.15, -0.1) is 0 Å². The number of nitrogens with two attached hydrogens (primary N) is 1. The van der Waals surface area contributed by atoms with E-state index in [1.807, 2.05) is 19.0 Å². The molecule has 0 bridgehead atoms. The molecule has 8 heteroatoms. The number of thioether (sulfide) groups is 1. The van der Waals surface area contributed by atoms with E-state index in [1.54, 1.807) is 11.8 Å². The zero-order valence-corrected chi connectivity index (χ0v) is 16.2. The normalized spacial score (nSPS) is 12.4. The number of nitrogens with zero attached hydrogens (tertiary/aromatic N) is 6. The van der Waals surface area contributed by atoms with Crippen molar-refractivity contribution in [3.63, 3.8) is 0 Å². The molecule has 0 aliphatic rings. The fraction of sp³-hybridized carbons (Fsp3) is 0.625. The molecule has 2 rings (SSSR count). The molecule has 0 aliphatic carbocycles. The minimum atomic E-state index is 0.0376. The summed E-state index contributed by atoms with van der Waals surface area (Å²) in [6, 6.07) is 0. The molecular weight excluding hydrogens is 322 g/mol. The first-order valence-corrected chi connectivity index (χ1v) is 9.10. The molecule has 24 heavy (non-hydrogen) atoms. The van der Waals surface area contributed by atoms with Crippen LogP contribution in [0.1, 0.15) is 49.2 Å². The van der Waals surface area contributed by atoms with Crippen molar-refractivity contribution in [1.82, 2.24) is 24.5 Å². The summed E-state index contributed by atoms with van der Waals surface area (Å²) in [7, 11) is 3.78. The zero-order valence-electron chi connectivity index (χ0n) is 15.4. The summed E-state index contributed by atoms with van der Waals surface area (Å²) in [4.78, 5) is 19.5. The van der Waals surface area contributed by atoms with Gasteiger partial charge in [0.2, 0.25) is 11.9 Å². The van der Waals surface area contributed by atoms with Gasteiger partial charge < -0.3 is 15.2 Å². The Morgan fingerprint density at radius 1 is 1.17 bits per heavy atom. The third-order valence-corrected chi connectivity index (χ3v) is 4.95. The number of anilines is 2. The van der Waals surface area contributed by atoms with Gasteiger partial charge in [-0.05, 0) is 27.2 Å². The van der Waals surface area contributed by atoms with Gasteiger partial charge in [0, 0.05) is 26.3 Å². The van der Waals surface area contributed by atoms with Crippen LogP contribution in [0.4, 0.5) is 11.9 Å². The Kier molecular flexibility index (Phi) is 6.04. The lowest BCUT2D eigenvalue weighted by Gasteiger charge is -2.15. The molecule has 0 fully saturated rings. The molecule has 0 radical (unpaired) electrons. The van der Waals surface area contributed by atoms with E-state index >= 15 is 0 Å². The van der Waals surface area contributed by atoms with Crippen molar-refractivity contribution in [3.05, 3.63) is 17.2 Å². The topological polar surface area (TPSA) is 85.8 Å². The molecule has 2 heterocycles. The van der Waals surface area contributed by atoms with Crippen molar-refractivity contribution in [3.8, 4) is 0 Å². The monoisotopic (exact) mass is 349 g/mol. The van der Waals surface area contributed by atoms with Crippen molar-refractivity contribution >= 4 is 23.7 Å². The van der Waals surface area contributed by atoms with E-state index < -0.39 is 0 Å². The van der Waals surface area contributed by atoms with Gasteiger partial charge in [-0.2, -0.15) is 15.0 Å². The second-order valence-electron chi connectivity index (χ2n) is 6.08. The van der Waals surface area contributed by atoms with Crippen LogP contribution < -0.4 is 10.6 Å². The lowest BCUT2D eigenvalue weighted by atomic mass is 10.3. The molecular formula is C16H27N7S. The first-order chi connectivity index (χ1) is 11.3. The number of unbranched alkanes of at least 4 members (excludes halogenated alkanes) is 1. The summed E-state index contributed by atoms with van der Waals surface area (Å²) < 4.78 is 2.29. The van der Waals surface area contributed by atoms with Crippen LogP contribution in [0.15, 0.2) is 5.16 Å². The summed E-state index contributed by atoms with van der Waals surface area (Å²) >= 11 is 1.66. The van der Waals surface area contributed by atoms with Crippen LogP contribution in [0.25, 0.3) is 0 Å². The lowest BCUT2D eigenvalue weighted by Crippen LogP contribution is -2.16. The van der Waals surface area contributed by atoms with Crippen LogP contribution >= 0.6 is 11.8 Å². The number of aromatic nitrogens is 5. The molecule has 2 aromatic rings. The van der Waals surface area contributed by atoms with Crippen LogP contribution in [0.5, 0.6) is 0 Å². The Hall–Kier alpha value is -1.83. The predicted octanol–water partition coefficient (Wildman–Crippen LogP) is 2.99.